The van der Waals surface area contributed by atoms with Gasteiger partial charge in [0.1, 0.15) is 36.6 Å². The molecule has 4 bridgehead atoms. The molecule has 18 nitrogen and oxygen atoms in total. The molecule has 0 spiro atoms. The Bertz CT molecular complexity index is 2390. The van der Waals surface area contributed by atoms with Crippen LogP contribution in [0.25, 0.3) is 22.5 Å². The van der Waals surface area contributed by atoms with Crippen LogP contribution in [-0.4, -0.2) is 120 Å². The van der Waals surface area contributed by atoms with Crippen LogP contribution in [0.5, 0.6) is 17.2 Å². The number of carbonyl (C=O) groups is 5. The summed E-state index contributed by atoms with van der Waals surface area (Å²) in [6, 6.07) is 12.0. The highest BCUT2D eigenvalue weighted by Gasteiger charge is 2.39. The van der Waals surface area contributed by atoms with E-state index in [9.17, 15) is 34.2 Å². The molecule has 6 rings (SSSR count). The van der Waals surface area contributed by atoms with Crippen molar-refractivity contribution in [2.45, 2.75) is 76.1 Å². The second kappa shape index (κ2) is 20.3. The number of hydrogen-bond acceptors (Lipinski definition) is 13. The molecule has 0 saturated heterocycles. The number of carbonyl (C=O) groups excluding carboxylic acids is 4. The first-order valence-corrected chi connectivity index (χ1v) is 21.1. The second-order valence-corrected chi connectivity index (χ2v) is 16.4. The lowest BCUT2D eigenvalue weighted by molar-refractivity contribution is -0.142. The molecule has 1 saturated carbocycles. The van der Waals surface area contributed by atoms with E-state index in [1.54, 1.807) is 31.2 Å². The number of nitrogens with zero attached hydrogens (tertiary/aromatic N) is 3. The number of nitrogens with two attached hydrogens (primary N) is 2. The van der Waals surface area contributed by atoms with Gasteiger partial charge in [0, 0.05) is 42.9 Å². The summed E-state index contributed by atoms with van der Waals surface area (Å²) in [6.07, 6.45) is 2.98. The van der Waals surface area contributed by atoms with Crippen molar-refractivity contribution in [3.8, 4) is 39.8 Å². The van der Waals surface area contributed by atoms with E-state index >= 15 is 0 Å². The number of aliphatic hydroxyl groups is 1. The Morgan fingerprint density at radius 3 is 2.38 bits per heavy atom. The maximum atomic E-state index is 14.5. The lowest BCUT2D eigenvalue weighted by Crippen LogP contribution is -2.53. The monoisotopic (exact) mass is 880 g/mol. The van der Waals surface area contributed by atoms with Crippen molar-refractivity contribution in [3.63, 3.8) is 0 Å². The lowest BCUT2D eigenvalue weighted by atomic mass is 9.93. The Kier molecular flexibility index (Phi) is 14.8. The topological polar surface area (TPSA) is 271 Å². The minimum absolute atomic E-state index is 0.0566. The third kappa shape index (κ3) is 10.8. The van der Waals surface area contributed by atoms with Gasteiger partial charge in [0.25, 0.3) is 5.91 Å². The van der Waals surface area contributed by atoms with Gasteiger partial charge in [0.05, 0.1) is 31.5 Å². The van der Waals surface area contributed by atoms with E-state index in [1.807, 2.05) is 12.1 Å². The smallest absolute Gasteiger partial charge is 0.326 e. The Balaban J connectivity index is 1.36. The predicted octanol–water partition coefficient (Wildman–Crippen LogP) is 2.16. The summed E-state index contributed by atoms with van der Waals surface area (Å²) in [6.45, 7) is 4.87. The van der Waals surface area contributed by atoms with Gasteiger partial charge >= 0.3 is 5.97 Å². The average molecular weight is 881 g/mol. The molecule has 3 aromatic carbocycles. The number of aliphatic hydroxyl groups excluding tert-OH is 1. The first kappa shape index (κ1) is 46.9. The van der Waals surface area contributed by atoms with Crippen molar-refractivity contribution in [1.29, 1.82) is 0 Å². The third-order valence-electron chi connectivity index (χ3n) is 11.5. The Hall–Kier alpha value is -6.63. The standard InChI is InChI=1S/C46H56N8O10/c1-25-34(22-49-41(51-25)28-8-10-30(11-9-28)46(3)13-14-46)43(58)50-23-38(56)54(4)39-29-19-33(40(62-5)37(20-29)64-24-31(55)21-48)32-17-27(7-12-36(32)63-16-6-15-47)18-35(45(60)61)53-42(57)26(2)52-44(39)59/h7-12,17,19-20,22,26,31,35,39,55H,6,13-16,18,21,23-24,47-48H2,1-5H3,(H,50,58)(H,52,59)(H,53,57)(H,60,61)/t26-,31+,35-,39-/m0/s1. The maximum absolute atomic E-state index is 14.5. The van der Waals surface area contributed by atoms with Crippen LogP contribution in [-0.2, 0) is 31.0 Å². The van der Waals surface area contributed by atoms with E-state index < -0.39 is 60.4 Å². The van der Waals surface area contributed by atoms with E-state index in [4.69, 9.17) is 25.7 Å². The number of amides is 4. The third-order valence-corrected chi connectivity index (χ3v) is 11.5. The molecule has 9 N–H and O–H groups in total. The zero-order chi connectivity index (χ0) is 46.3. The number of rotatable bonds is 16. The van der Waals surface area contributed by atoms with Gasteiger partial charge in [-0.3, -0.25) is 19.2 Å². The fourth-order valence-electron chi connectivity index (χ4n) is 7.35. The predicted molar refractivity (Wildman–Crippen MR) is 236 cm³/mol. The van der Waals surface area contributed by atoms with Crippen LogP contribution >= 0.6 is 0 Å². The SMILES string of the molecule is COc1c(OC[C@H](O)CN)cc2cc1-c1cc(ccc1OCCCN)C[C@@H](C(=O)O)NC(=O)[C@H](C)NC(=O)[C@H]2N(C)C(=O)CNC(=O)c1cnc(-c2ccc(C3(C)CC3)cc2)nc1C. The highest BCUT2D eigenvalue weighted by Crippen LogP contribution is 2.48. The molecule has 1 aliphatic carbocycles. The summed E-state index contributed by atoms with van der Waals surface area (Å²) in [7, 11) is 2.75. The molecule has 0 radical (unpaired) electrons. The number of aliphatic carboxylic acids is 1. The van der Waals surface area contributed by atoms with E-state index in [0.717, 1.165) is 23.3 Å². The highest BCUT2D eigenvalue weighted by atomic mass is 16.5. The Morgan fingerprint density at radius 2 is 1.73 bits per heavy atom. The number of nitrogens with one attached hydrogen (secondary N) is 3. The lowest BCUT2D eigenvalue weighted by Gasteiger charge is -2.31. The summed E-state index contributed by atoms with van der Waals surface area (Å²) in [5.41, 5.74) is 15.6. The molecule has 0 unspecified atom stereocenters. The maximum Gasteiger partial charge on any atom is 0.326 e. The van der Waals surface area contributed by atoms with Crippen LogP contribution in [0.1, 0.15) is 71.9 Å². The van der Waals surface area contributed by atoms with Gasteiger partial charge < -0.3 is 56.7 Å². The minimum atomic E-state index is -1.49. The molecule has 1 fully saturated rings. The van der Waals surface area contributed by atoms with Crippen molar-refractivity contribution in [3.05, 3.63) is 88.7 Å². The normalized spacial score (nSPS) is 18.3. The van der Waals surface area contributed by atoms with Crippen LogP contribution in [0.15, 0.2) is 60.8 Å². The molecular formula is C46H56N8O10. The molecule has 4 amide bonds. The van der Waals surface area contributed by atoms with E-state index in [0.29, 0.717) is 46.9 Å². The fourth-order valence-corrected chi connectivity index (χ4v) is 7.35. The number of carboxylic acid groups (broad SMARTS) is 1. The van der Waals surface area contributed by atoms with E-state index in [2.05, 4.69) is 45.0 Å². The first-order valence-electron chi connectivity index (χ1n) is 21.1. The number of benzene rings is 3. The van der Waals surface area contributed by atoms with Gasteiger partial charge in [0.2, 0.25) is 17.7 Å². The van der Waals surface area contributed by atoms with Crippen molar-refractivity contribution < 1.29 is 48.4 Å². The molecule has 64 heavy (non-hydrogen) atoms. The van der Waals surface area contributed by atoms with Crippen molar-refractivity contribution in [2.75, 3.05) is 47.0 Å². The summed E-state index contributed by atoms with van der Waals surface area (Å²) < 4.78 is 18.1. The van der Waals surface area contributed by atoms with E-state index in [-0.39, 0.29) is 54.2 Å². The summed E-state index contributed by atoms with van der Waals surface area (Å²) in [4.78, 5) is 78.1. The second-order valence-electron chi connectivity index (χ2n) is 16.4. The van der Waals surface area contributed by atoms with Crippen molar-refractivity contribution in [1.82, 2.24) is 30.8 Å². The molecule has 340 valence electrons. The van der Waals surface area contributed by atoms with Gasteiger partial charge in [-0.15, -0.1) is 0 Å². The zero-order valence-electron chi connectivity index (χ0n) is 36.6. The number of ether oxygens (including phenoxy) is 3. The van der Waals surface area contributed by atoms with Crippen LogP contribution in [0.3, 0.4) is 0 Å². The first-order chi connectivity index (χ1) is 30.6. The summed E-state index contributed by atoms with van der Waals surface area (Å²) in [5.74, 6) is -3.25. The van der Waals surface area contributed by atoms with E-state index in [1.165, 1.54) is 38.9 Å². The largest absolute Gasteiger partial charge is 0.493 e. The van der Waals surface area contributed by atoms with Gasteiger partial charge in [0.15, 0.2) is 17.3 Å². The fraction of sp³-hybridized carbons (Fsp3) is 0.413. The number of fused-ring (bicyclic) bond motifs is 5. The van der Waals surface area contributed by atoms with Crippen LogP contribution in [0.2, 0.25) is 0 Å². The van der Waals surface area contributed by atoms with Crippen molar-refractivity contribution in [2.24, 2.45) is 11.5 Å². The van der Waals surface area contributed by atoms with Gasteiger partial charge in [-0.25, -0.2) is 14.8 Å². The Labute approximate surface area is 371 Å². The summed E-state index contributed by atoms with van der Waals surface area (Å²) in [5, 5.41) is 28.3. The molecule has 1 aromatic heterocycles. The molecule has 4 atom stereocenters. The molecule has 1 aliphatic heterocycles. The van der Waals surface area contributed by atoms with Gasteiger partial charge in [-0.05, 0) is 86.0 Å². The molecule has 2 heterocycles. The highest BCUT2D eigenvalue weighted by molar-refractivity contribution is 5.98. The average Bonchev–Trinajstić information content (AvgIpc) is 4.04. The quantitative estimate of drug-likeness (QED) is 0.0796. The number of hydrogen-bond donors (Lipinski definition) is 7. The number of carboxylic acids is 1. The van der Waals surface area contributed by atoms with Crippen molar-refractivity contribution >= 4 is 29.6 Å². The van der Waals surface area contributed by atoms with Gasteiger partial charge in [-0.2, -0.15) is 0 Å². The zero-order valence-corrected chi connectivity index (χ0v) is 36.6. The van der Waals surface area contributed by atoms with Crippen LogP contribution in [0.4, 0.5) is 0 Å². The number of aromatic nitrogens is 2. The van der Waals surface area contributed by atoms with Gasteiger partial charge in [-0.1, -0.05) is 37.3 Å². The number of methoxy groups -OCH3 is 1. The minimum Gasteiger partial charge on any atom is -0.493 e. The molecular weight excluding hydrogens is 825 g/mol. The molecule has 4 aromatic rings. The number of aryl methyl sites for hydroxylation is 1. The summed E-state index contributed by atoms with van der Waals surface area (Å²) >= 11 is 0. The molecule has 2 aliphatic rings. The number of likely N-dealkylation sites (N-methyl/N-ethyl adjacent to an activating group) is 1. The Morgan fingerprint density at radius 1 is 1.00 bits per heavy atom. The van der Waals surface area contributed by atoms with Crippen LogP contribution < -0.4 is 41.6 Å². The molecule has 18 heteroatoms. The van der Waals surface area contributed by atoms with Crippen LogP contribution in [0, 0.1) is 6.92 Å².